The van der Waals surface area contributed by atoms with Gasteiger partial charge in [0.25, 0.3) is 5.91 Å². The zero-order valence-corrected chi connectivity index (χ0v) is 19.8. The van der Waals surface area contributed by atoms with E-state index in [4.69, 9.17) is 14.2 Å². The number of carbonyl (C=O) groups is 1. The lowest BCUT2D eigenvalue weighted by molar-refractivity contribution is 0.0730. The molecule has 1 aliphatic rings. The summed E-state index contributed by atoms with van der Waals surface area (Å²) in [6.07, 6.45) is 0. The number of sulfonamides is 1. The van der Waals surface area contributed by atoms with E-state index >= 15 is 0 Å². The molecule has 1 fully saturated rings. The SMILES string of the molecule is COc1ccc(S(=O)(=O)N2CCOCC2)cc1C(=O)N(C)c1ccc(Oc2ccccc2)cc1. The molecular formula is C25H26N2O6S. The molecule has 0 atom stereocenters. The molecule has 8 nitrogen and oxygen atoms in total. The Labute approximate surface area is 199 Å². The van der Waals surface area contributed by atoms with Crippen LogP contribution in [-0.2, 0) is 14.8 Å². The first-order chi connectivity index (χ1) is 16.4. The summed E-state index contributed by atoms with van der Waals surface area (Å²) < 4.78 is 43.9. The molecule has 3 aromatic rings. The second-order valence-electron chi connectivity index (χ2n) is 7.65. The largest absolute Gasteiger partial charge is 0.496 e. The summed E-state index contributed by atoms with van der Waals surface area (Å²) in [5.74, 6) is 1.24. The number of benzene rings is 3. The maximum atomic E-state index is 13.3. The Balaban J connectivity index is 1.57. The molecule has 1 saturated heterocycles. The molecule has 0 N–H and O–H groups in total. The highest BCUT2D eigenvalue weighted by Gasteiger charge is 2.28. The summed E-state index contributed by atoms with van der Waals surface area (Å²) in [6.45, 7) is 1.23. The molecular weight excluding hydrogens is 456 g/mol. The lowest BCUT2D eigenvalue weighted by Gasteiger charge is -2.26. The van der Waals surface area contributed by atoms with Gasteiger partial charge in [-0.2, -0.15) is 4.31 Å². The van der Waals surface area contributed by atoms with Gasteiger partial charge in [0.1, 0.15) is 17.2 Å². The molecule has 0 spiro atoms. The van der Waals surface area contributed by atoms with E-state index in [0.717, 1.165) is 0 Å². The minimum atomic E-state index is -3.76. The summed E-state index contributed by atoms with van der Waals surface area (Å²) >= 11 is 0. The summed E-state index contributed by atoms with van der Waals surface area (Å²) in [5.41, 5.74) is 0.776. The molecule has 3 aromatic carbocycles. The lowest BCUT2D eigenvalue weighted by atomic mass is 10.1. The minimum Gasteiger partial charge on any atom is -0.496 e. The summed E-state index contributed by atoms with van der Waals surface area (Å²) in [4.78, 5) is 14.8. The third-order valence-electron chi connectivity index (χ3n) is 5.52. The number of ether oxygens (including phenoxy) is 3. The molecule has 1 heterocycles. The number of nitrogens with zero attached hydrogens (tertiary/aromatic N) is 2. The molecule has 0 saturated carbocycles. The van der Waals surface area contributed by atoms with E-state index in [9.17, 15) is 13.2 Å². The smallest absolute Gasteiger partial charge is 0.261 e. The number of carbonyl (C=O) groups excluding carboxylic acids is 1. The van der Waals surface area contributed by atoms with Gasteiger partial charge < -0.3 is 19.1 Å². The molecule has 1 aliphatic heterocycles. The predicted molar refractivity (Wildman–Crippen MR) is 128 cm³/mol. The Bertz CT molecular complexity index is 1240. The first-order valence-electron chi connectivity index (χ1n) is 10.8. The Morgan fingerprint density at radius 1 is 0.941 bits per heavy atom. The standard InChI is InChI=1S/C25H26N2O6S/c1-26(19-8-10-21(11-9-19)33-20-6-4-3-5-7-20)25(28)23-18-22(12-13-24(23)31-2)34(29,30)27-14-16-32-17-15-27/h3-13,18H,14-17H2,1-2H3. The maximum Gasteiger partial charge on any atom is 0.261 e. The van der Waals surface area contributed by atoms with Crippen molar-refractivity contribution >= 4 is 21.6 Å². The fourth-order valence-corrected chi connectivity index (χ4v) is 5.05. The van der Waals surface area contributed by atoms with Crippen molar-refractivity contribution in [2.75, 3.05) is 45.4 Å². The van der Waals surface area contributed by atoms with Crippen molar-refractivity contribution in [2.45, 2.75) is 4.90 Å². The molecule has 178 valence electrons. The fraction of sp³-hybridized carbons (Fsp3) is 0.240. The van der Waals surface area contributed by atoms with Crippen LogP contribution in [0.4, 0.5) is 5.69 Å². The molecule has 0 radical (unpaired) electrons. The predicted octanol–water partition coefficient (Wildman–Crippen LogP) is 3.79. The van der Waals surface area contributed by atoms with E-state index in [0.29, 0.717) is 36.1 Å². The molecule has 0 unspecified atom stereocenters. The van der Waals surface area contributed by atoms with Crippen LogP contribution >= 0.6 is 0 Å². The quantitative estimate of drug-likeness (QED) is 0.510. The van der Waals surface area contributed by atoms with Crippen LogP contribution < -0.4 is 14.4 Å². The third kappa shape index (κ3) is 5.06. The number of hydrogen-bond acceptors (Lipinski definition) is 6. The van der Waals surface area contributed by atoms with Gasteiger partial charge in [-0.25, -0.2) is 8.42 Å². The van der Waals surface area contributed by atoms with Crippen molar-refractivity contribution in [3.8, 4) is 17.2 Å². The average molecular weight is 483 g/mol. The molecule has 0 aliphatic carbocycles. The van der Waals surface area contributed by atoms with Gasteiger partial charge in [0.2, 0.25) is 10.0 Å². The van der Waals surface area contributed by atoms with E-state index in [2.05, 4.69) is 0 Å². The number of methoxy groups -OCH3 is 1. The van der Waals surface area contributed by atoms with Crippen LogP contribution in [0.1, 0.15) is 10.4 Å². The molecule has 9 heteroatoms. The molecule has 4 rings (SSSR count). The maximum absolute atomic E-state index is 13.3. The van der Waals surface area contributed by atoms with Crippen molar-refractivity contribution in [1.29, 1.82) is 0 Å². The Morgan fingerprint density at radius 2 is 1.59 bits per heavy atom. The van der Waals surface area contributed by atoms with Crippen molar-refractivity contribution in [2.24, 2.45) is 0 Å². The number of hydrogen-bond donors (Lipinski definition) is 0. The lowest BCUT2D eigenvalue weighted by Crippen LogP contribution is -2.40. The van der Waals surface area contributed by atoms with Gasteiger partial charge in [-0.3, -0.25) is 4.79 Å². The van der Waals surface area contributed by atoms with Crippen LogP contribution in [0.5, 0.6) is 17.2 Å². The molecule has 0 aromatic heterocycles. The van der Waals surface area contributed by atoms with E-state index in [1.54, 1.807) is 31.3 Å². The van der Waals surface area contributed by atoms with Crippen LogP contribution in [0.2, 0.25) is 0 Å². The van der Waals surface area contributed by atoms with Gasteiger partial charge in [-0.1, -0.05) is 18.2 Å². The van der Waals surface area contributed by atoms with Gasteiger partial charge in [-0.05, 0) is 54.6 Å². The van der Waals surface area contributed by atoms with Gasteiger partial charge in [0, 0.05) is 25.8 Å². The molecule has 34 heavy (non-hydrogen) atoms. The second-order valence-corrected chi connectivity index (χ2v) is 9.59. The van der Waals surface area contributed by atoms with E-state index in [1.165, 1.54) is 34.5 Å². The topological polar surface area (TPSA) is 85.4 Å². The number of rotatable bonds is 7. The Kier molecular flexibility index (Phi) is 7.16. The summed E-state index contributed by atoms with van der Waals surface area (Å²) in [5, 5.41) is 0. The zero-order chi connectivity index (χ0) is 24.1. The van der Waals surface area contributed by atoms with Gasteiger partial charge in [0.05, 0.1) is 30.8 Å². The van der Waals surface area contributed by atoms with Crippen LogP contribution in [0.15, 0.2) is 77.7 Å². The molecule has 0 bridgehead atoms. The van der Waals surface area contributed by atoms with E-state index in [1.807, 2.05) is 30.3 Å². The number of amides is 1. The highest BCUT2D eigenvalue weighted by atomic mass is 32.2. The van der Waals surface area contributed by atoms with Crippen molar-refractivity contribution in [1.82, 2.24) is 4.31 Å². The summed E-state index contributed by atoms with van der Waals surface area (Å²) in [7, 11) is -0.693. The van der Waals surface area contributed by atoms with Crippen LogP contribution in [0, 0.1) is 0 Å². The van der Waals surface area contributed by atoms with Crippen LogP contribution in [0.25, 0.3) is 0 Å². The van der Waals surface area contributed by atoms with E-state index < -0.39 is 15.9 Å². The summed E-state index contributed by atoms with van der Waals surface area (Å²) in [6, 6.07) is 20.8. The van der Waals surface area contributed by atoms with Crippen molar-refractivity contribution < 1.29 is 27.4 Å². The van der Waals surface area contributed by atoms with E-state index in [-0.39, 0.29) is 23.5 Å². The van der Waals surface area contributed by atoms with Crippen molar-refractivity contribution in [3.05, 3.63) is 78.4 Å². The van der Waals surface area contributed by atoms with Gasteiger partial charge in [0.15, 0.2) is 0 Å². The number of morpholine rings is 1. The zero-order valence-electron chi connectivity index (χ0n) is 19.0. The Hall–Kier alpha value is -3.40. The monoisotopic (exact) mass is 482 g/mol. The normalized spacial score (nSPS) is 14.4. The third-order valence-corrected chi connectivity index (χ3v) is 7.41. The van der Waals surface area contributed by atoms with Gasteiger partial charge >= 0.3 is 0 Å². The highest BCUT2D eigenvalue weighted by molar-refractivity contribution is 7.89. The first kappa shape index (κ1) is 23.7. The number of para-hydroxylation sites is 1. The average Bonchev–Trinajstić information content (AvgIpc) is 2.89. The minimum absolute atomic E-state index is 0.0403. The Morgan fingerprint density at radius 3 is 2.24 bits per heavy atom. The van der Waals surface area contributed by atoms with Crippen LogP contribution in [0.3, 0.4) is 0 Å². The van der Waals surface area contributed by atoms with Crippen LogP contribution in [-0.4, -0.2) is 59.1 Å². The fourth-order valence-electron chi connectivity index (χ4n) is 3.61. The number of anilines is 1. The van der Waals surface area contributed by atoms with Gasteiger partial charge in [-0.15, -0.1) is 0 Å². The second kappa shape index (κ2) is 10.3. The molecule has 1 amide bonds. The highest BCUT2D eigenvalue weighted by Crippen LogP contribution is 2.29. The van der Waals surface area contributed by atoms with Crippen molar-refractivity contribution in [3.63, 3.8) is 0 Å². The first-order valence-corrected chi connectivity index (χ1v) is 12.2.